The summed E-state index contributed by atoms with van der Waals surface area (Å²) in [6.07, 6.45) is -0.0823. The van der Waals surface area contributed by atoms with E-state index in [2.05, 4.69) is 20.9 Å². The molecule has 0 aromatic carbocycles. The molecule has 15 heteroatoms. The molecule has 4 amide bonds. The van der Waals surface area contributed by atoms with E-state index in [1.165, 1.54) is 0 Å². The molecule has 0 spiro atoms. The predicted octanol–water partition coefficient (Wildman–Crippen LogP) is -5.20. The number of aliphatic imine (C=N–C) groups is 1. The largest absolute Gasteiger partial charge is 0.480 e. The van der Waals surface area contributed by atoms with Crippen LogP contribution in [0.4, 0.5) is 0 Å². The summed E-state index contributed by atoms with van der Waals surface area (Å²) >= 11 is 0. The maximum atomic E-state index is 12.4. The molecule has 0 aromatic heterocycles. The molecule has 0 radical (unpaired) electrons. The minimum atomic E-state index is -1.37. The Morgan fingerprint density at radius 2 is 1.58 bits per heavy atom. The summed E-state index contributed by atoms with van der Waals surface area (Å²) in [6, 6.07) is -3.73. The molecule has 0 aliphatic rings. The van der Waals surface area contributed by atoms with Gasteiger partial charge in [0.1, 0.15) is 18.1 Å². The summed E-state index contributed by atoms with van der Waals surface area (Å²) in [7, 11) is 0. The highest BCUT2D eigenvalue weighted by molar-refractivity contribution is 5.92. The molecule has 0 fully saturated rings. The first kappa shape index (κ1) is 27.5. The Bertz CT molecular complexity index is 681. The first-order valence-electron chi connectivity index (χ1n) is 9.28. The summed E-state index contributed by atoms with van der Waals surface area (Å²) in [5.41, 5.74) is 20.8. The smallest absolute Gasteiger partial charge is 0.326 e. The van der Waals surface area contributed by atoms with Crippen LogP contribution in [0.25, 0.3) is 0 Å². The van der Waals surface area contributed by atoms with E-state index in [9.17, 15) is 24.0 Å². The number of amides is 4. The summed E-state index contributed by atoms with van der Waals surface area (Å²) in [5, 5.41) is 24.8. The predicted molar refractivity (Wildman–Crippen MR) is 108 cm³/mol. The third kappa shape index (κ3) is 12.7. The van der Waals surface area contributed by atoms with Crippen LogP contribution in [0.15, 0.2) is 4.99 Å². The number of hydrogen-bond acceptors (Lipinski definition) is 8. The van der Waals surface area contributed by atoms with E-state index in [4.69, 9.17) is 33.1 Å². The molecule has 0 aromatic rings. The van der Waals surface area contributed by atoms with Gasteiger partial charge >= 0.3 is 5.97 Å². The summed E-state index contributed by atoms with van der Waals surface area (Å²) in [5.74, 6) is -4.61. The van der Waals surface area contributed by atoms with Gasteiger partial charge in [-0.25, -0.2) is 4.79 Å². The Kier molecular flexibility index (Phi) is 12.9. The quantitative estimate of drug-likeness (QED) is 0.0654. The van der Waals surface area contributed by atoms with Gasteiger partial charge in [-0.05, 0) is 19.3 Å². The molecular weight excluding hydrogens is 416 g/mol. The Labute approximate surface area is 178 Å². The van der Waals surface area contributed by atoms with Gasteiger partial charge in [0, 0.05) is 13.0 Å². The van der Waals surface area contributed by atoms with Gasteiger partial charge in [-0.1, -0.05) is 0 Å². The van der Waals surface area contributed by atoms with Gasteiger partial charge in [0.25, 0.3) is 0 Å². The van der Waals surface area contributed by atoms with Crippen molar-refractivity contribution in [1.82, 2.24) is 16.0 Å². The van der Waals surface area contributed by atoms with Gasteiger partial charge < -0.3 is 49.1 Å². The molecule has 3 atom stereocenters. The molecule has 0 heterocycles. The van der Waals surface area contributed by atoms with E-state index in [1.807, 2.05) is 0 Å². The van der Waals surface area contributed by atoms with Crippen LogP contribution in [0.2, 0.25) is 0 Å². The second-order valence-corrected chi connectivity index (χ2v) is 6.48. The number of rotatable bonds is 15. The standard InChI is InChI=1S/C16H30N8O7/c17-8(7-25)13(28)24-9(2-1-5-21-16(19)20)14(29)22-6-12(27)23-10(15(30)31)3-4-11(18)26/h8-10,25H,1-7,17H2,(H2,18,26)(H,22,29)(H,23,27)(H,24,28)(H,30,31)(H4,19,20,21). The SMILES string of the molecule is NC(=O)CCC(NC(=O)CNC(=O)C(CCCN=C(N)N)NC(=O)C(N)CO)C(=O)O. The van der Waals surface area contributed by atoms with Crippen LogP contribution in [-0.2, 0) is 24.0 Å². The van der Waals surface area contributed by atoms with Crippen molar-refractivity contribution in [1.29, 1.82) is 0 Å². The van der Waals surface area contributed by atoms with Gasteiger partial charge in [0.15, 0.2) is 5.96 Å². The average molecular weight is 446 g/mol. The third-order valence-corrected chi connectivity index (χ3v) is 3.85. The lowest BCUT2D eigenvalue weighted by molar-refractivity contribution is -0.142. The number of carbonyl (C=O) groups is 5. The van der Waals surface area contributed by atoms with Crippen molar-refractivity contribution < 1.29 is 34.2 Å². The summed E-state index contributed by atoms with van der Waals surface area (Å²) in [6.45, 7) is -1.06. The van der Waals surface area contributed by atoms with Crippen molar-refractivity contribution in [2.75, 3.05) is 19.7 Å². The maximum absolute atomic E-state index is 12.4. The molecule has 3 unspecified atom stereocenters. The molecule has 0 aliphatic heterocycles. The van der Waals surface area contributed by atoms with Crippen LogP contribution in [0.1, 0.15) is 25.7 Å². The minimum Gasteiger partial charge on any atom is -0.480 e. The normalized spacial score (nSPS) is 13.2. The van der Waals surface area contributed by atoms with Crippen LogP contribution in [0.3, 0.4) is 0 Å². The molecule has 176 valence electrons. The number of aliphatic hydroxyl groups excluding tert-OH is 1. The third-order valence-electron chi connectivity index (χ3n) is 3.85. The molecule has 0 saturated heterocycles. The lowest BCUT2D eigenvalue weighted by atomic mass is 10.1. The molecule has 13 N–H and O–H groups in total. The Morgan fingerprint density at radius 3 is 2.10 bits per heavy atom. The zero-order valence-electron chi connectivity index (χ0n) is 16.9. The topological polar surface area (TPSA) is 278 Å². The van der Waals surface area contributed by atoms with Crippen LogP contribution in [0.5, 0.6) is 0 Å². The molecule has 15 nitrogen and oxygen atoms in total. The number of aliphatic carboxylic acids is 1. The molecule has 0 aliphatic carbocycles. The van der Waals surface area contributed by atoms with Crippen molar-refractivity contribution >= 4 is 35.6 Å². The highest BCUT2D eigenvalue weighted by Gasteiger charge is 2.25. The van der Waals surface area contributed by atoms with Crippen molar-refractivity contribution in [3.8, 4) is 0 Å². The monoisotopic (exact) mass is 446 g/mol. The fourth-order valence-corrected chi connectivity index (χ4v) is 2.21. The Hall–Kier alpha value is -3.46. The van der Waals surface area contributed by atoms with Gasteiger partial charge in [-0.2, -0.15) is 0 Å². The zero-order chi connectivity index (χ0) is 24.0. The van der Waals surface area contributed by atoms with Crippen molar-refractivity contribution in [2.45, 2.75) is 43.8 Å². The van der Waals surface area contributed by atoms with Crippen molar-refractivity contribution in [2.24, 2.45) is 27.9 Å². The number of carboxylic acids is 1. The van der Waals surface area contributed by atoms with Crippen molar-refractivity contribution in [3.05, 3.63) is 0 Å². The number of carboxylic acid groups (broad SMARTS) is 1. The number of guanidine groups is 1. The molecule has 0 bridgehead atoms. The average Bonchev–Trinajstić information content (AvgIpc) is 2.69. The minimum absolute atomic E-state index is 0.0878. The highest BCUT2D eigenvalue weighted by atomic mass is 16.4. The van der Waals surface area contributed by atoms with E-state index >= 15 is 0 Å². The Morgan fingerprint density at radius 1 is 0.935 bits per heavy atom. The lowest BCUT2D eigenvalue weighted by Gasteiger charge is -2.20. The van der Waals surface area contributed by atoms with Crippen molar-refractivity contribution in [3.63, 3.8) is 0 Å². The lowest BCUT2D eigenvalue weighted by Crippen LogP contribution is -2.54. The van der Waals surface area contributed by atoms with E-state index in [1.54, 1.807) is 0 Å². The number of carbonyl (C=O) groups excluding carboxylic acids is 4. The second kappa shape index (κ2) is 14.5. The van der Waals surface area contributed by atoms with E-state index in [0.717, 1.165) is 0 Å². The van der Waals surface area contributed by atoms with Crippen LogP contribution < -0.4 is 38.9 Å². The summed E-state index contributed by atoms with van der Waals surface area (Å²) < 4.78 is 0. The first-order chi connectivity index (χ1) is 14.5. The van der Waals surface area contributed by atoms with Gasteiger partial charge in [-0.3, -0.25) is 24.2 Å². The Balaban J connectivity index is 4.87. The number of nitrogens with one attached hydrogen (secondary N) is 3. The van der Waals surface area contributed by atoms with E-state index < -0.39 is 60.9 Å². The number of primary amides is 1. The van der Waals surface area contributed by atoms with Gasteiger partial charge in [-0.15, -0.1) is 0 Å². The molecular formula is C16H30N8O7. The number of hydrogen-bond donors (Lipinski definition) is 9. The number of aliphatic hydroxyl groups is 1. The number of nitrogens with zero attached hydrogens (tertiary/aromatic N) is 1. The highest BCUT2D eigenvalue weighted by Crippen LogP contribution is 2.00. The van der Waals surface area contributed by atoms with Crippen LogP contribution in [0, 0.1) is 0 Å². The van der Waals surface area contributed by atoms with Crippen LogP contribution in [-0.4, -0.2) is 83.6 Å². The van der Waals surface area contributed by atoms with Gasteiger partial charge in [0.2, 0.25) is 23.6 Å². The summed E-state index contributed by atoms with van der Waals surface area (Å²) in [4.78, 5) is 61.9. The fraction of sp³-hybridized carbons (Fsp3) is 0.625. The zero-order valence-corrected chi connectivity index (χ0v) is 16.9. The van der Waals surface area contributed by atoms with Crippen LogP contribution >= 0.6 is 0 Å². The number of nitrogens with two attached hydrogens (primary N) is 4. The first-order valence-corrected chi connectivity index (χ1v) is 9.28. The van der Waals surface area contributed by atoms with Gasteiger partial charge in [0.05, 0.1) is 13.2 Å². The molecule has 0 saturated carbocycles. The maximum Gasteiger partial charge on any atom is 0.326 e. The fourth-order valence-electron chi connectivity index (χ4n) is 2.21. The van der Waals surface area contributed by atoms with E-state index in [-0.39, 0.29) is 31.8 Å². The molecule has 0 rings (SSSR count). The van der Waals surface area contributed by atoms with E-state index in [0.29, 0.717) is 6.42 Å². The second-order valence-electron chi connectivity index (χ2n) is 6.48. The molecule has 31 heavy (non-hydrogen) atoms.